The van der Waals surface area contributed by atoms with E-state index in [-0.39, 0.29) is 5.91 Å². The number of amides is 1. The second-order valence-corrected chi connectivity index (χ2v) is 5.53. The maximum atomic E-state index is 12.5. The average Bonchev–Trinajstić information content (AvgIpc) is 2.86. The summed E-state index contributed by atoms with van der Waals surface area (Å²) in [6.07, 6.45) is 1.71. The predicted octanol–water partition coefficient (Wildman–Crippen LogP) is 4.69. The van der Waals surface area contributed by atoms with E-state index in [1.54, 1.807) is 12.3 Å². The molecule has 0 fully saturated rings. The molecule has 3 rings (SSSR count). The number of aryl methyl sites for hydroxylation is 1. The minimum Gasteiger partial charge on any atom is -0.360 e. The van der Waals surface area contributed by atoms with Crippen LogP contribution in [0.25, 0.3) is 10.9 Å². The van der Waals surface area contributed by atoms with E-state index in [0.29, 0.717) is 10.6 Å². The van der Waals surface area contributed by atoms with Crippen molar-refractivity contribution in [3.05, 3.63) is 64.3 Å². The van der Waals surface area contributed by atoms with E-state index < -0.39 is 0 Å². The number of carbonyl (C=O) groups excluding carboxylic acids is 1. The third-order valence-corrected chi connectivity index (χ3v) is 3.98. The van der Waals surface area contributed by atoms with Crippen LogP contribution in [0.5, 0.6) is 0 Å². The van der Waals surface area contributed by atoms with Gasteiger partial charge in [0.15, 0.2) is 0 Å². The molecule has 2 aromatic carbocycles. The van der Waals surface area contributed by atoms with Crippen LogP contribution in [0.2, 0.25) is 5.02 Å². The summed E-state index contributed by atoms with van der Waals surface area (Å²) in [6, 6.07) is 11.3. The largest absolute Gasteiger partial charge is 0.360 e. The Morgan fingerprint density at radius 3 is 2.81 bits per heavy atom. The molecule has 1 aromatic heterocycles. The molecule has 0 aliphatic carbocycles. The summed E-state index contributed by atoms with van der Waals surface area (Å²) in [5, 5.41) is 4.48. The zero-order chi connectivity index (χ0) is 15.0. The Morgan fingerprint density at radius 1 is 1.19 bits per heavy atom. The van der Waals surface area contributed by atoms with Gasteiger partial charge in [0.2, 0.25) is 0 Å². The molecule has 0 radical (unpaired) electrons. The lowest BCUT2D eigenvalue weighted by Gasteiger charge is -2.09. The summed E-state index contributed by atoms with van der Waals surface area (Å²) in [6.45, 7) is 4.03. The van der Waals surface area contributed by atoms with Gasteiger partial charge in [-0.15, -0.1) is 0 Å². The van der Waals surface area contributed by atoms with Crippen molar-refractivity contribution in [3.63, 3.8) is 0 Å². The minimum atomic E-state index is -0.128. The molecule has 0 saturated heterocycles. The Labute approximate surface area is 127 Å². The lowest BCUT2D eigenvalue weighted by atomic mass is 10.1. The molecule has 3 aromatic rings. The quantitative estimate of drug-likeness (QED) is 0.708. The van der Waals surface area contributed by atoms with Crippen molar-refractivity contribution in [1.29, 1.82) is 0 Å². The van der Waals surface area contributed by atoms with E-state index in [1.807, 2.05) is 44.2 Å². The second kappa shape index (κ2) is 5.26. The number of halogens is 1. The van der Waals surface area contributed by atoms with Crippen molar-refractivity contribution >= 4 is 34.1 Å². The first-order valence-electron chi connectivity index (χ1n) is 6.70. The minimum absolute atomic E-state index is 0.128. The van der Waals surface area contributed by atoms with Crippen molar-refractivity contribution in [3.8, 4) is 0 Å². The zero-order valence-corrected chi connectivity index (χ0v) is 12.6. The van der Waals surface area contributed by atoms with Crippen LogP contribution in [-0.2, 0) is 0 Å². The molecule has 0 aliphatic rings. The number of rotatable bonds is 2. The molecule has 3 nitrogen and oxygen atoms in total. The molecule has 1 heterocycles. The zero-order valence-electron chi connectivity index (χ0n) is 11.8. The molecule has 0 bridgehead atoms. The Balaban J connectivity index is 1.96. The monoisotopic (exact) mass is 298 g/mol. The van der Waals surface area contributed by atoms with Gasteiger partial charge in [0.25, 0.3) is 5.91 Å². The average molecular weight is 299 g/mol. The van der Waals surface area contributed by atoms with Crippen LogP contribution in [0.4, 0.5) is 5.69 Å². The summed E-state index contributed by atoms with van der Waals surface area (Å²) in [4.78, 5) is 15.5. The van der Waals surface area contributed by atoms with E-state index >= 15 is 0 Å². The molecular weight excluding hydrogens is 284 g/mol. The number of hydrogen-bond acceptors (Lipinski definition) is 1. The van der Waals surface area contributed by atoms with Crippen LogP contribution in [0.15, 0.2) is 42.6 Å². The van der Waals surface area contributed by atoms with Crippen LogP contribution in [-0.4, -0.2) is 10.9 Å². The number of aromatic amines is 1. The van der Waals surface area contributed by atoms with Gasteiger partial charge in [0.05, 0.1) is 5.56 Å². The number of benzene rings is 2. The van der Waals surface area contributed by atoms with Gasteiger partial charge >= 0.3 is 0 Å². The lowest BCUT2D eigenvalue weighted by molar-refractivity contribution is 0.102. The van der Waals surface area contributed by atoms with Crippen molar-refractivity contribution < 1.29 is 4.79 Å². The Kier molecular flexibility index (Phi) is 3.43. The summed E-state index contributed by atoms with van der Waals surface area (Å²) in [7, 11) is 0. The van der Waals surface area contributed by atoms with E-state index in [0.717, 1.165) is 27.7 Å². The molecule has 106 valence electrons. The van der Waals surface area contributed by atoms with Gasteiger partial charge < -0.3 is 10.3 Å². The maximum Gasteiger partial charge on any atom is 0.257 e. The Morgan fingerprint density at radius 2 is 2.00 bits per heavy atom. The van der Waals surface area contributed by atoms with E-state index in [1.165, 1.54) is 0 Å². The molecule has 4 heteroatoms. The van der Waals surface area contributed by atoms with Crippen LogP contribution in [0.3, 0.4) is 0 Å². The number of carbonyl (C=O) groups is 1. The standard InChI is InChI=1S/C17H15ClN2O/c1-10-4-3-5-15(11(10)2)20-17(21)14-9-19-16-8-12(18)6-7-13(14)16/h3-9,19H,1-2H3,(H,20,21). The van der Waals surface area contributed by atoms with Crippen molar-refractivity contribution in [2.75, 3.05) is 5.32 Å². The van der Waals surface area contributed by atoms with Crippen molar-refractivity contribution in [1.82, 2.24) is 4.98 Å². The van der Waals surface area contributed by atoms with Crippen LogP contribution in [0, 0.1) is 13.8 Å². The number of fused-ring (bicyclic) bond motifs is 1. The molecular formula is C17H15ClN2O. The first kappa shape index (κ1) is 13.7. The molecule has 1 amide bonds. The highest BCUT2D eigenvalue weighted by atomic mass is 35.5. The highest BCUT2D eigenvalue weighted by molar-refractivity contribution is 6.31. The highest BCUT2D eigenvalue weighted by Crippen LogP contribution is 2.24. The molecule has 0 saturated carbocycles. The van der Waals surface area contributed by atoms with Gasteiger partial charge in [0.1, 0.15) is 0 Å². The van der Waals surface area contributed by atoms with Crippen LogP contribution in [0.1, 0.15) is 21.5 Å². The van der Waals surface area contributed by atoms with Gasteiger partial charge in [-0.05, 0) is 43.2 Å². The predicted molar refractivity (Wildman–Crippen MR) is 87.2 cm³/mol. The summed E-state index contributed by atoms with van der Waals surface area (Å²) in [5.74, 6) is -0.128. The molecule has 0 spiro atoms. The normalized spacial score (nSPS) is 10.8. The maximum absolute atomic E-state index is 12.5. The molecule has 0 aliphatic heterocycles. The fourth-order valence-electron chi connectivity index (χ4n) is 2.36. The van der Waals surface area contributed by atoms with E-state index in [2.05, 4.69) is 10.3 Å². The Hall–Kier alpha value is -2.26. The topological polar surface area (TPSA) is 44.9 Å². The smallest absolute Gasteiger partial charge is 0.257 e. The fourth-order valence-corrected chi connectivity index (χ4v) is 2.53. The van der Waals surface area contributed by atoms with E-state index in [4.69, 9.17) is 11.6 Å². The van der Waals surface area contributed by atoms with Gasteiger partial charge in [-0.2, -0.15) is 0 Å². The number of H-pyrrole nitrogens is 1. The molecule has 2 N–H and O–H groups in total. The third-order valence-electron chi connectivity index (χ3n) is 3.74. The summed E-state index contributed by atoms with van der Waals surface area (Å²) in [5.41, 5.74) is 4.53. The first-order chi connectivity index (χ1) is 10.1. The first-order valence-corrected chi connectivity index (χ1v) is 7.08. The fraction of sp³-hybridized carbons (Fsp3) is 0.118. The van der Waals surface area contributed by atoms with Crippen molar-refractivity contribution in [2.24, 2.45) is 0 Å². The van der Waals surface area contributed by atoms with Gasteiger partial charge in [-0.25, -0.2) is 0 Å². The molecule has 0 unspecified atom stereocenters. The molecule has 0 atom stereocenters. The van der Waals surface area contributed by atoms with Gasteiger partial charge in [0, 0.05) is 27.8 Å². The number of hydrogen-bond donors (Lipinski definition) is 2. The molecule has 21 heavy (non-hydrogen) atoms. The van der Waals surface area contributed by atoms with Gasteiger partial charge in [-0.3, -0.25) is 4.79 Å². The SMILES string of the molecule is Cc1cccc(NC(=O)c2c[nH]c3cc(Cl)ccc23)c1C. The van der Waals surface area contributed by atoms with Crippen LogP contribution >= 0.6 is 11.6 Å². The highest BCUT2D eigenvalue weighted by Gasteiger charge is 2.13. The second-order valence-electron chi connectivity index (χ2n) is 5.09. The number of aromatic nitrogens is 1. The van der Waals surface area contributed by atoms with Crippen LogP contribution < -0.4 is 5.32 Å². The van der Waals surface area contributed by atoms with E-state index in [9.17, 15) is 4.79 Å². The number of nitrogens with one attached hydrogen (secondary N) is 2. The Bertz CT molecular complexity index is 836. The van der Waals surface area contributed by atoms with Gasteiger partial charge in [-0.1, -0.05) is 29.8 Å². The third kappa shape index (κ3) is 2.52. The number of anilines is 1. The lowest BCUT2D eigenvalue weighted by Crippen LogP contribution is -2.12. The summed E-state index contributed by atoms with van der Waals surface area (Å²) < 4.78 is 0. The van der Waals surface area contributed by atoms with Crippen molar-refractivity contribution in [2.45, 2.75) is 13.8 Å². The summed E-state index contributed by atoms with van der Waals surface area (Å²) >= 11 is 5.95.